The van der Waals surface area contributed by atoms with Gasteiger partial charge in [-0.05, 0) is 42.8 Å². The summed E-state index contributed by atoms with van der Waals surface area (Å²) in [5, 5.41) is 14.8. The third-order valence-electron chi connectivity index (χ3n) is 5.18. The molecule has 27 heavy (non-hydrogen) atoms. The molecule has 2 aromatic carbocycles. The molecule has 6 nitrogen and oxygen atoms in total. The second-order valence-electron chi connectivity index (χ2n) is 6.69. The van der Waals surface area contributed by atoms with E-state index < -0.39 is 0 Å². The Morgan fingerprint density at radius 1 is 1.19 bits per heavy atom. The third kappa shape index (κ3) is 4.46. The lowest BCUT2D eigenvalue weighted by Crippen LogP contribution is -2.31. The highest BCUT2D eigenvalue weighted by Crippen LogP contribution is 2.35. The van der Waals surface area contributed by atoms with E-state index in [0.717, 1.165) is 43.9 Å². The number of ether oxygens (including phenoxy) is 1. The molecule has 1 N–H and O–H groups in total. The molecule has 1 aliphatic rings. The number of nitro benzene ring substituents is 1. The Kier molecular flexibility index (Phi) is 6.42. The normalized spacial score (nSPS) is 16.2. The summed E-state index contributed by atoms with van der Waals surface area (Å²) in [6.07, 6.45) is 0.889. The highest BCUT2D eigenvalue weighted by Gasteiger charge is 2.27. The monoisotopic (exact) mass is 369 g/mol. The van der Waals surface area contributed by atoms with Crippen molar-refractivity contribution in [2.24, 2.45) is 0 Å². The summed E-state index contributed by atoms with van der Waals surface area (Å²) in [6.45, 7) is 8.69. The Balaban J connectivity index is 1.78. The van der Waals surface area contributed by atoms with Gasteiger partial charge in [-0.3, -0.25) is 10.1 Å². The first-order chi connectivity index (χ1) is 13.1. The van der Waals surface area contributed by atoms with Crippen LogP contribution in [0.1, 0.15) is 36.6 Å². The lowest BCUT2D eigenvalue weighted by molar-refractivity contribution is -0.385. The van der Waals surface area contributed by atoms with Gasteiger partial charge in [0.2, 0.25) is 0 Å². The number of nitrogens with zero attached hydrogens (tertiary/aromatic N) is 2. The Morgan fingerprint density at radius 3 is 2.70 bits per heavy atom. The number of nitro groups is 1. The number of fused-ring (bicyclic) bond motifs is 1. The van der Waals surface area contributed by atoms with Gasteiger partial charge in [-0.15, -0.1) is 0 Å². The number of hydrogen-bond acceptors (Lipinski definition) is 5. The molecule has 0 spiro atoms. The molecular weight excluding hydrogens is 342 g/mol. The van der Waals surface area contributed by atoms with E-state index >= 15 is 0 Å². The lowest BCUT2D eigenvalue weighted by Gasteiger charge is -2.27. The van der Waals surface area contributed by atoms with Crippen LogP contribution in [0.4, 0.5) is 5.69 Å². The first-order valence-electron chi connectivity index (χ1n) is 9.58. The van der Waals surface area contributed by atoms with Gasteiger partial charge in [0.25, 0.3) is 5.69 Å². The maximum absolute atomic E-state index is 11.4. The van der Waals surface area contributed by atoms with E-state index in [2.05, 4.69) is 30.1 Å². The minimum absolute atomic E-state index is 0.155. The number of hydrogen-bond donors (Lipinski definition) is 1. The molecule has 0 saturated heterocycles. The van der Waals surface area contributed by atoms with Crippen LogP contribution in [0.3, 0.4) is 0 Å². The molecule has 0 aliphatic carbocycles. The maximum Gasteiger partial charge on any atom is 0.274 e. The average molecular weight is 369 g/mol. The largest absolute Gasteiger partial charge is 0.492 e. The van der Waals surface area contributed by atoms with E-state index in [1.807, 2.05) is 24.3 Å². The van der Waals surface area contributed by atoms with Crippen LogP contribution in [-0.2, 0) is 6.42 Å². The average Bonchev–Trinajstić information content (AvgIpc) is 2.70. The third-order valence-corrected chi connectivity index (χ3v) is 5.18. The molecule has 0 aromatic heterocycles. The van der Waals surface area contributed by atoms with Gasteiger partial charge in [0.05, 0.1) is 16.5 Å². The summed E-state index contributed by atoms with van der Waals surface area (Å²) in [4.78, 5) is 13.4. The number of benzene rings is 2. The Bertz CT molecular complexity index is 790. The van der Waals surface area contributed by atoms with Crippen molar-refractivity contribution in [1.82, 2.24) is 10.2 Å². The molecule has 0 amide bonds. The van der Waals surface area contributed by atoms with Crippen molar-refractivity contribution >= 4 is 5.69 Å². The smallest absolute Gasteiger partial charge is 0.274 e. The molecule has 1 atom stereocenters. The van der Waals surface area contributed by atoms with Gasteiger partial charge in [0.15, 0.2) is 0 Å². The quantitative estimate of drug-likeness (QED) is 0.569. The van der Waals surface area contributed by atoms with E-state index in [0.29, 0.717) is 12.2 Å². The van der Waals surface area contributed by atoms with Crippen molar-refractivity contribution in [3.05, 3.63) is 69.3 Å². The topological polar surface area (TPSA) is 67.6 Å². The molecule has 1 heterocycles. The summed E-state index contributed by atoms with van der Waals surface area (Å²) in [5.41, 5.74) is 3.14. The highest BCUT2D eigenvalue weighted by atomic mass is 16.6. The molecule has 0 bridgehead atoms. The predicted molar refractivity (Wildman–Crippen MR) is 106 cm³/mol. The first kappa shape index (κ1) is 19.3. The van der Waals surface area contributed by atoms with E-state index in [1.54, 1.807) is 12.1 Å². The number of para-hydroxylation sites is 1. The summed E-state index contributed by atoms with van der Waals surface area (Å²) in [5.74, 6) is 0.865. The molecular formula is C21H27N3O3. The summed E-state index contributed by atoms with van der Waals surface area (Å²) in [7, 11) is 0. The van der Waals surface area contributed by atoms with Crippen molar-refractivity contribution in [3.8, 4) is 5.75 Å². The van der Waals surface area contributed by atoms with Gasteiger partial charge in [-0.1, -0.05) is 38.1 Å². The van der Waals surface area contributed by atoms with Crippen LogP contribution < -0.4 is 10.1 Å². The fourth-order valence-electron chi connectivity index (χ4n) is 3.64. The molecule has 3 rings (SSSR count). The predicted octanol–water partition coefficient (Wildman–Crippen LogP) is 3.55. The van der Waals surface area contributed by atoms with E-state index in [1.165, 1.54) is 5.56 Å². The minimum atomic E-state index is -0.310. The SMILES string of the molecule is CCN(CC)CCOc1ccc2c(c1)CCNC2c1ccccc1[N+](=O)[O-]. The number of likely N-dealkylation sites (N-methyl/N-ethyl adjacent to an activating group) is 1. The van der Waals surface area contributed by atoms with E-state index in [4.69, 9.17) is 4.74 Å². The van der Waals surface area contributed by atoms with Crippen molar-refractivity contribution in [2.75, 3.05) is 32.8 Å². The molecule has 0 fully saturated rings. The van der Waals surface area contributed by atoms with Crippen molar-refractivity contribution in [3.63, 3.8) is 0 Å². The standard InChI is InChI=1S/C21H27N3O3/c1-3-23(4-2)13-14-27-17-9-10-18-16(15-17)11-12-22-21(18)19-7-5-6-8-20(19)24(25)26/h5-10,15,21-22H,3-4,11-14H2,1-2H3. The molecule has 0 saturated carbocycles. The summed E-state index contributed by atoms with van der Waals surface area (Å²) >= 11 is 0. The second-order valence-corrected chi connectivity index (χ2v) is 6.69. The zero-order valence-corrected chi connectivity index (χ0v) is 16.0. The second kappa shape index (κ2) is 8.97. The van der Waals surface area contributed by atoms with Crippen LogP contribution >= 0.6 is 0 Å². The van der Waals surface area contributed by atoms with Crippen LogP contribution in [0.15, 0.2) is 42.5 Å². The van der Waals surface area contributed by atoms with Crippen LogP contribution in [0, 0.1) is 10.1 Å². The summed E-state index contributed by atoms with van der Waals surface area (Å²) in [6, 6.07) is 12.9. The maximum atomic E-state index is 11.4. The fraction of sp³-hybridized carbons (Fsp3) is 0.429. The zero-order chi connectivity index (χ0) is 19.2. The fourth-order valence-corrected chi connectivity index (χ4v) is 3.64. The lowest BCUT2D eigenvalue weighted by atomic mass is 9.89. The van der Waals surface area contributed by atoms with Gasteiger partial charge in [-0.2, -0.15) is 0 Å². The van der Waals surface area contributed by atoms with Gasteiger partial charge in [0.1, 0.15) is 12.4 Å². The number of rotatable bonds is 8. The molecule has 1 unspecified atom stereocenters. The molecule has 6 heteroatoms. The zero-order valence-electron chi connectivity index (χ0n) is 16.0. The Morgan fingerprint density at radius 2 is 1.96 bits per heavy atom. The van der Waals surface area contributed by atoms with E-state index in [9.17, 15) is 10.1 Å². The van der Waals surface area contributed by atoms with E-state index in [-0.39, 0.29) is 16.7 Å². The Labute approximate surface area is 160 Å². The van der Waals surface area contributed by atoms with Crippen molar-refractivity contribution in [2.45, 2.75) is 26.3 Å². The molecule has 1 aliphatic heterocycles. The molecule has 144 valence electrons. The van der Waals surface area contributed by atoms with Crippen molar-refractivity contribution in [1.29, 1.82) is 0 Å². The van der Waals surface area contributed by atoms with Gasteiger partial charge in [0, 0.05) is 19.2 Å². The van der Waals surface area contributed by atoms with Crippen LogP contribution in [0.25, 0.3) is 0 Å². The first-order valence-corrected chi connectivity index (χ1v) is 9.58. The minimum Gasteiger partial charge on any atom is -0.492 e. The van der Waals surface area contributed by atoms with Crippen molar-refractivity contribution < 1.29 is 9.66 Å². The van der Waals surface area contributed by atoms with Gasteiger partial charge < -0.3 is 15.0 Å². The number of nitrogens with one attached hydrogen (secondary N) is 1. The summed E-state index contributed by atoms with van der Waals surface area (Å²) < 4.78 is 5.94. The highest BCUT2D eigenvalue weighted by molar-refractivity contribution is 5.50. The van der Waals surface area contributed by atoms with Gasteiger partial charge in [-0.25, -0.2) is 0 Å². The van der Waals surface area contributed by atoms with Gasteiger partial charge >= 0.3 is 0 Å². The van der Waals surface area contributed by atoms with Crippen LogP contribution in [0.5, 0.6) is 5.75 Å². The van der Waals surface area contributed by atoms with Crippen LogP contribution in [0.2, 0.25) is 0 Å². The molecule has 2 aromatic rings. The van der Waals surface area contributed by atoms with Crippen LogP contribution in [-0.4, -0.2) is 42.6 Å². The molecule has 0 radical (unpaired) electrons. The Hall–Kier alpha value is -2.44.